The average molecular weight is 354 g/mol. The van der Waals surface area contributed by atoms with Gasteiger partial charge in [0.15, 0.2) is 9.76 Å². The summed E-state index contributed by atoms with van der Waals surface area (Å²) in [6.07, 6.45) is 0.473. The van der Waals surface area contributed by atoms with Gasteiger partial charge in [0.2, 0.25) is 0 Å². The van der Waals surface area contributed by atoms with E-state index in [0.717, 1.165) is 4.70 Å². The van der Waals surface area contributed by atoms with Crippen LogP contribution in [0, 0.1) is 0 Å². The first-order chi connectivity index (χ1) is 8.80. The molecule has 1 aliphatic rings. The average Bonchev–Trinajstić information content (AvgIpc) is 2.29. The molecule has 0 saturated carbocycles. The summed E-state index contributed by atoms with van der Waals surface area (Å²) in [6, 6.07) is 7.38. The van der Waals surface area contributed by atoms with Crippen molar-refractivity contribution in [3.8, 4) is 0 Å². The Bertz CT molecular complexity index is 720. The summed E-state index contributed by atoms with van der Waals surface area (Å²) in [5.74, 6) is 0. The Labute approximate surface area is 134 Å². The molecule has 1 aromatic heterocycles. The van der Waals surface area contributed by atoms with Gasteiger partial charge < -0.3 is 0 Å². The molecule has 1 heterocycles. The quantitative estimate of drug-likeness (QED) is 0.608. The van der Waals surface area contributed by atoms with Crippen LogP contribution in [-0.4, -0.2) is 4.33 Å². The SMILES string of the molecule is O=c1c2c(sc3ccccc13)C(Cl)(Cl)CC(Cl)(Cl)C2. The van der Waals surface area contributed by atoms with E-state index in [4.69, 9.17) is 46.4 Å². The Morgan fingerprint density at radius 2 is 1.79 bits per heavy atom. The fraction of sp³-hybridized carbons (Fsp3) is 0.308. The van der Waals surface area contributed by atoms with Crippen molar-refractivity contribution in [1.29, 1.82) is 0 Å². The maximum absolute atomic E-state index is 12.5. The Morgan fingerprint density at radius 1 is 1.11 bits per heavy atom. The molecule has 0 atom stereocenters. The molecule has 6 heteroatoms. The molecular formula is C13H8Cl4OS. The van der Waals surface area contributed by atoms with Crippen molar-refractivity contribution in [1.82, 2.24) is 0 Å². The fourth-order valence-electron chi connectivity index (χ4n) is 2.36. The van der Waals surface area contributed by atoms with Gasteiger partial charge in [-0.25, -0.2) is 0 Å². The maximum atomic E-state index is 12.5. The van der Waals surface area contributed by atoms with Crippen LogP contribution in [0.15, 0.2) is 29.1 Å². The van der Waals surface area contributed by atoms with E-state index in [9.17, 15) is 4.79 Å². The highest BCUT2D eigenvalue weighted by molar-refractivity contribution is 7.19. The third kappa shape index (κ3) is 2.38. The number of halogens is 4. The molecule has 0 spiro atoms. The first-order valence-electron chi connectivity index (χ1n) is 5.61. The van der Waals surface area contributed by atoms with Gasteiger partial charge in [-0.15, -0.1) is 34.5 Å². The second-order valence-electron chi connectivity index (χ2n) is 4.65. The Hall–Kier alpha value is 0.0100. The Kier molecular flexibility index (Phi) is 3.31. The number of alkyl halides is 4. The largest absolute Gasteiger partial charge is 0.289 e. The van der Waals surface area contributed by atoms with E-state index < -0.39 is 8.67 Å². The van der Waals surface area contributed by atoms with Crippen molar-refractivity contribution in [3.05, 3.63) is 44.9 Å². The van der Waals surface area contributed by atoms with Crippen LogP contribution in [0.1, 0.15) is 16.9 Å². The number of rotatable bonds is 0. The second kappa shape index (κ2) is 4.51. The molecule has 0 amide bonds. The summed E-state index contributed by atoms with van der Waals surface area (Å²) in [5, 5.41) is 0.654. The van der Waals surface area contributed by atoms with E-state index in [1.807, 2.05) is 18.2 Å². The molecule has 0 radical (unpaired) electrons. The maximum Gasteiger partial charge on any atom is 0.191 e. The van der Waals surface area contributed by atoms with E-state index in [1.165, 1.54) is 11.3 Å². The van der Waals surface area contributed by atoms with Gasteiger partial charge in [0.1, 0.15) is 4.33 Å². The molecule has 0 bridgehead atoms. The zero-order valence-corrected chi connectivity index (χ0v) is 13.4. The van der Waals surface area contributed by atoms with Gasteiger partial charge in [-0.3, -0.25) is 4.79 Å². The molecule has 0 N–H and O–H groups in total. The van der Waals surface area contributed by atoms with Gasteiger partial charge in [0.25, 0.3) is 0 Å². The number of hydrogen-bond acceptors (Lipinski definition) is 2. The molecule has 0 aliphatic heterocycles. The molecule has 100 valence electrons. The smallest absolute Gasteiger partial charge is 0.191 e. The molecule has 0 saturated heterocycles. The summed E-state index contributed by atoms with van der Waals surface area (Å²) >= 11 is 26.4. The molecule has 1 aliphatic carbocycles. The van der Waals surface area contributed by atoms with Crippen LogP contribution in [0.3, 0.4) is 0 Å². The minimum atomic E-state index is -1.22. The summed E-state index contributed by atoms with van der Waals surface area (Å²) in [6.45, 7) is 0. The van der Waals surface area contributed by atoms with Gasteiger partial charge in [-0.2, -0.15) is 0 Å². The highest BCUT2D eigenvalue weighted by Crippen LogP contribution is 2.53. The normalized spacial score (nSPS) is 20.2. The molecule has 19 heavy (non-hydrogen) atoms. The molecular weight excluding hydrogens is 346 g/mol. The molecule has 1 aromatic carbocycles. The number of hydrogen-bond donors (Lipinski definition) is 0. The molecule has 3 rings (SSSR count). The predicted octanol–water partition coefficient (Wildman–Crippen LogP) is 5.01. The van der Waals surface area contributed by atoms with E-state index in [0.29, 0.717) is 15.8 Å². The summed E-state index contributed by atoms with van der Waals surface area (Å²) in [4.78, 5) is 13.2. The third-order valence-electron chi connectivity index (χ3n) is 3.14. The third-order valence-corrected chi connectivity index (χ3v) is 5.92. The van der Waals surface area contributed by atoms with Crippen LogP contribution >= 0.6 is 57.7 Å². The van der Waals surface area contributed by atoms with Crippen molar-refractivity contribution in [3.63, 3.8) is 0 Å². The van der Waals surface area contributed by atoms with Crippen molar-refractivity contribution in [2.45, 2.75) is 21.5 Å². The van der Waals surface area contributed by atoms with Gasteiger partial charge in [-0.1, -0.05) is 35.3 Å². The van der Waals surface area contributed by atoms with Gasteiger partial charge in [0, 0.05) is 33.4 Å². The standard InChI is InChI=1S/C13H8Cl4OS/c14-12(15)5-8-10(18)7-3-1-2-4-9(7)19-11(8)13(16,17)6-12/h1-4H,5-6H2. The van der Waals surface area contributed by atoms with Crippen LogP contribution in [0.25, 0.3) is 10.1 Å². The highest BCUT2D eigenvalue weighted by atomic mass is 35.5. The Morgan fingerprint density at radius 3 is 2.53 bits per heavy atom. The molecule has 2 aromatic rings. The zero-order chi connectivity index (χ0) is 13.8. The zero-order valence-electron chi connectivity index (χ0n) is 9.55. The van der Waals surface area contributed by atoms with Crippen molar-refractivity contribution in [2.75, 3.05) is 0 Å². The van der Waals surface area contributed by atoms with E-state index in [1.54, 1.807) is 6.07 Å². The van der Waals surface area contributed by atoms with E-state index in [-0.39, 0.29) is 18.3 Å². The molecule has 1 nitrogen and oxygen atoms in total. The Balaban J connectivity index is 2.39. The topological polar surface area (TPSA) is 17.1 Å². The van der Waals surface area contributed by atoms with E-state index in [2.05, 4.69) is 0 Å². The minimum absolute atomic E-state index is 0.0830. The van der Waals surface area contributed by atoms with Gasteiger partial charge >= 0.3 is 0 Å². The van der Waals surface area contributed by atoms with Gasteiger partial charge in [0.05, 0.1) is 0 Å². The summed E-state index contributed by atoms with van der Waals surface area (Å²) in [7, 11) is 0. The lowest BCUT2D eigenvalue weighted by Crippen LogP contribution is -2.35. The van der Waals surface area contributed by atoms with Gasteiger partial charge in [-0.05, 0) is 12.1 Å². The molecule has 0 fully saturated rings. The number of benzene rings is 1. The lowest BCUT2D eigenvalue weighted by Gasteiger charge is -2.34. The van der Waals surface area contributed by atoms with E-state index >= 15 is 0 Å². The number of fused-ring (bicyclic) bond motifs is 2. The minimum Gasteiger partial charge on any atom is -0.289 e. The monoisotopic (exact) mass is 352 g/mol. The first-order valence-corrected chi connectivity index (χ1v) is 7.94. The lowest BCUT2D eigenvalue weighted by atomic mass is 9.95. The highest BCUT2D eigenvalue weighted by Gasteiger charge is 2.46. The lowest BCUT2D eigenvalue weighted by molar-refractivity contribution is 0.597. The van der Waals surface area contributed by atoms with Crippen molar-refractivity contribution in [2.24, 2.45) is 0 Å². The fourth-order valence-corrected chi connectivity index (χ4v) is 5.37. The summed E-state index contributed by atoms with van der Waals surface area (Å²) in [5.41, 5.74) is 0.449. The van der Waals surface area contributed by atoms with Crippen LogP contribution in [0.5, 0.6) is 0 Å². The summed E-state index contributed by atoms with van der Waals surface area (Å²) < 4.78 is -1.45. The second-order valence-corrected chi connectivity index (χ2v) is 8.83. The first kappa shape index (κ1) is 14.0. The van der Waals surface area contributed by atoms with Crippen molar-refractivity contribution >= 4 is 67.8 Å². The van der Waals surface area contributed by atoms with Crippen LogP contribution < -0.4 is 5.43 Å². The van der Waals surface area contributed by atoms with Crippen LogP contribution in [-0.2, 0) is 10.8 Å². The molecule has 0 unspecified atom stereocenters. The van der Waals surface area contributed by atoms with Crippen molar-refractivity contribution < 1.29 is 0 Å². The predicted molar refractivity (Wildman–Crippen MR) is 84.2 cm³/mol. The van der Waals surface area contributed by atoms with Crippen LogP contribution in [0.4, 0.5) is 0 Å². The van der Waals surface area contributed by atoms with Crippen LogP contribution in [0.2, 0.25) is 0 Å².